The maximum absolute atomic E-state index is 2.36. The van der Waals surface area contributed by atoms with Gasteiger partial charge in [-0.2, -0.15) is 0 Å². The lowest BCUT2D eigenvalue weighted by Crippen LogP contribution is -1.96. The standard InChI is InChI=1S/C12H14S/c1-2-5-10-8-9-13-12-7-4-3-6-11(10)12/h3-7H,2,8-9H2,1H3/b10-5+. The normalized spacial score (nSPS) is 18.7. The largest absolute Gasteiger partial charge is 0.125 e. The highest BCUT2D eigenvalue weighted by atomic mass is 32.2. The number of thioether (sulfide) groups is 1. The first-order valence-electron chi connectivity index (χ1n) is 4.83. The second-order valence-corrected chi connectivity index (χ2v) is 4.37. The average molecular weight is 190 g/mol. The van der Waals surface area contributed by atoms with Gasteiger partial charge in [0.05, 0.1) is 0 Å². The van der Waals surface area contributed by atoms with Crippen LogP contribution in [0.25, 0.3) is 5.57 Å². The molecule has 0 unspecified atom stereocenters. The van der Waals surface area contributed by atoms with E-state index in [2.05, 4.69) is 37.3 Å². The van der Waals surface area contributed by atoms with E-state index in [1.807, 2.05) is 11.8 Å². The maximum Gasteiger partial charge on any atom is 0.0147 e. The second kappa shape index (κ2) is 4.01. The summed E-state index contributed by atoms with van der Waals surface area (Å²) in [5.74, 6) is 1.24. The quantitative estimate of drug-likeness (QED) is 0.645. The van der Waals surface area contributed by atoms with Crippen molar-refractivity contribution in [2.24, 2.45) is 0 Å². The molecule has 0 fully saturated rings. The zero-order valence-corrected chi connectivity index (χ0v) is 8.73. The van der Waals surface area contributed by atoms with E-state index in [0.717, 1.165) is 6.42 Å². The Kier molecular flexibility index (Phi) is 2.74. The van der Waals surface area contributed by atoms with Crippen LogP contribution in [0.3, 0.4) is 0 Å². The number of rotatable bonds is 1. The van der Waals surface area contributed by atoms with Crippen LogP contribution in [-0.4, -0.2) is 5.75 Å². The molecule has 0 aliphatic carbocycles. The molecule has 0 nitrogen and oxygen atoms in total. The van der Waals surface area contributed by atoms with Gasteiger partial charge in [-0.05, 0) is 30.0 Å². The van der Waals surface area contributed by atoms with Gasteiger partial charge in [-0.1, -0.05) is 31.2 Å². The lowest BCUT2D eigenvalue weighted by molar-refractivity contribution is 1.14. The highest BCUT2D eigenvalue weighted by Gasteiger charge is 2.12. The Morgan fingerprint density at radius 1 is 1.38 bits per heavy atom. The molecule has 1 aromatic carbocycles. The van der Waals surface area contributed by atoms with Crippen LogP contribution in [0.15, 0.2) is 35.2 Å². The first kappa shape index (κ1) is 8.89. The third kappa shape index (κ3) is 1.80. The minimum atomic E-state index is 1.15. The fraction of sp³-hybridized carbons (Fsp3) is 0.333. The molecule has 0 amide bonds. The van der Waals surface area contributed by atoms with Crippen LogP contribution in [0.4, 0.5) is 0 Å². The fourth-order valence-electron chi connectivity index (χ4n) is 1.72. The Morgan fingerprint density at radius 2 is 2.23 bits per heavy atom. The van der Waals surface area contributed by atoms with Crippen molar-refractivity contribution >= 4 is 17.3 Å². The first-order valence-corrected chi connectivity index (χ1v) is 5.81. The molecule has 0 spiro atoms. The molecule has 1 heterocycles. The summed E-state index contributed by atoms with van der Waals surface area (Å²) in [6.07, 6.45) is 4.74. The summed E-state index contributed by atoms with van der Waals surface area (Å²) in [4.78, 5) is 1.45. The van der Waals surface area contributed by atoms with E-state index >= 15 is 0 Å². The Hall–Kier alpha value is -0.690. The van der Waals surface area contributed by atoms with E-state index in [-0.39, 0.29) is 0 Å². The van der Waals surface area contributed by atoms with Crippen molar-refractivity contribution in [1.82, 2.24) is 0 Å². The molecule has 1 aliphatic rings. The molecule has 0 bridgehead atoms. The molecule has 0 radical (unpaired) electrons. The van der Waals surface area contributed by atoms with Gasteiger partial charge in [0.25, 0.3) is 0 Å². The number of hydrogen-bond donors (Lipinski definition) is 0. The molecule has 0 atom stereocenters. The summed E-state index contributed by atoms with van der Waals surface area (Å²) in [6, 6.07) is 8.72. The maximum atomic E-state index is 2.36. The molecule has 1 aromatic rings. The number of benzene rings is 1. The molecule has 1 heteroatoms. The Labute approximate surface area is 84.0 Å². The van der Waals surface area contributed by atoms with Gasteiger partial charge < -0.3 is 0 Å². The summed E-state index contributed by atoms with van der Waals surface area (Å²) in [6.45, 7) is 2.21. The molecular formula is C12H14S. The van der Waals surface area contributed by atoms with Crippen molar-refractivity contribution in [1.29, 1.82) is 0 Å². The molecule has 2 rings (SSSR count). The second-order valence-electron chi connectivity index (χ2n) is 3.23. The van der Waals surface area contributed by atoms with Gasteiger partial charge in [0.1, 0.15) is 0 Å². The van der Waals surface area contributed by atoms with Crippen LogP contribution in [0.5, 0.6) is 0 Å². The van der Waals surface area contributed by atoms with Crippen LogP contribution in [-0.2, 0) is 0 Å². The third-order valence-electron chi connectivity index (χ3n) is 2.31. The number of allylic oxidation sites excluding steroid dienone is 2. The van der Waals surface area contributed by atoms with Crippen LogP contribution in [0.1, 0.15) is 25.3 Å². The van der Waals surface area contributed by atoms with Gasteiger partial charge >= 0.3 is 0 Å². The molecule has 1 aliphatic heterocycles. The Bertz CT molecular complexity index is 326. The van der Waals surface area contributed by atoms with E-state index in [1.165, 1.54) is 28.2 Å². The topological polar surface area (TPSA) is 0 Å². The molecule has 0 N–H and O–H groups in total. The van der Waals surface area contributed by atoms with E-state index in [9.17, 15) is 0 Å². The summed E-state index contributed by atoms with van der Waals surface area (Å²) in [5.41, 5.74) is 3.00. The lowest BCUT2D eigenvalue weighted by Gasteiger charge is -2.17. The van der Waals surface area contributed by atoms with Crippen molar-refractivity contribution in [3.05, 3.63) is 35.9 Å². The van der Waals surface area contributed by atoms with Crippen molar-refractivity contribution in [2.75, 3.05) is 5.75 Å². The van der Waals surface area contributed by atoms with Gasteiger partial charge in [0.2, 0.25) is 0 Å². The predicted octanol–water partition coefficient (Wildman–Crippen LogP) is 3.98. The average Bonchev–Trinajstić information content (AvgIpc) is 2.19. The Balaban J connectivity index is 2.42. The molecule has 68 valence electrons. The van der Waals surface area contributed by atoms with Gasteiger partial charge in [-0.15, -0.1) is 11.8 Å². The smallest absolute Gasteiger partial charge is 0.0147 e. The highest BCUT2D eigenvalue weighted by Crippen LogP contribution is 2.36. The minimum absolute atomic E-state index is 1.15. The third-order valence-corrected chi connectivity index (χ3v) is 3.39. The highest BCUT2D eigenvalue weighted by molar-refractivity contribution is 7.99. The monoisotopic (exact) mass is 190 g/mol. The van der Waals surface area contributed by atoms with Crippen molar-refractivity contribution in [3.8, 4) is 0 Å². The van der Waals surface area contributed by atoms with Crippen LogP contribution in [0, 0.1) is 0 Å². The zero-order chi connectivity index (χ0) is 9.10. The molecule has 0 saturated heterocycles. The van der Waals surface area contributed by atoms with E-state index in [1.54, 1.807) is 0 Å². The number of hydrogen-bond acceptors (Lipinski definition) is 1. The summed E-state index contributed by atoms with van der Waals surface area (Å²) >= 11 is 1.98. The first-order chi connectivity index (χ1) is 6.42. The van der Waals surface area contributed by atoms with Crippen LogP contribution < -0.4 is 0 Å². The lowest BCUT2D eigenvalue weighted by atomic mass is 10.0. The number of fused-ring (bicyclic) bond motifs is 1. The summed E-state index contributed by atoms with van der Waals surface area (Å²) in [5, 5.41) is 0. The molecular weight excluding hydrogens is 176 g/mol. The van der Waals surface area contributed by atoms with Gasteiger partial charge in [-0.3, -0.25) is 0 Å². The van der Waals surface area contributed by atoms with E-state index < -0.39 is 0 Å². The van der Waals surface area contributed by atoms with Crippen molar-refractivity contribution in [2.45, 2.75) is 24.7 Å². The molecule has 0 saturated carbocycles. The zero-order valence-electron chi connectivity index (χ0n) is 7.92. The van der Waals surface area contributed by atoms with Gasteiger partial charge in [-0.25, -0.2) is 0 Å². The fourth-order valence-corrected chi connectivity index (χ4v) is 2.79. The SMILES string of the molecule is CC/C=C1\CCSc2ccccc21. The predicted molar refractivity (Wildman–Crippen MR) is 60.1 cm³/mol. The minimum Gasteiger partial charge on any atom is -0.125 e. The summed E-state index contributed by atoms with van der Waals surface area (Å²) in [7, 11) is 0. The van der Waals surface area contributed by atoms with Crippen LogP contribution >= 0.6 is 11.8 Å². The van der Waals surface area contributed by atoms with Gasteiger partial charge in [0, 0.05) is 10.6 Å². The summed E-state index contributed by atoms with van der Waals surface area (Å²) < 4.78 is 0. The van der Waals surface area contributed by atoms with E-state index in [4.69, 9.17) is 0 Å². The van der Waals surface area contributed by atoms with Gasteiger partial charge in [0.15, 0.2) is 0 Å². The van der Waals surface area contributed by atoms with Crippen molar-refractivity contribution in [3.63, 3.8) is 0 Å². The Morgan fingerprint density at radius 3 is 3.08 bits per heavy atom. The van der Waals surface area contributed by atoms with Crippen LogP contribution in [0.2, 0.25) is 0 Å². The van der Waals surface area contributed by atoms with E-state index in [0.29, 0.717) is 0 Å². The molecule has 13 heavy (non-hydrogen) atoms. The van der Waals surface area contributed by atoms with Crippen molar-refractivity contribution < 1.29 is 0 Å². The molecule has 0 aromatic heterocycles.